The van der Waals surface area contributed by atoms with Crippen molar-refractivity contribution in [2.45, 2.75) is 0 Å². The third kappa shape index (κ3) is 4.08. The number of para-hydroxylation sites is 1. The monoisotopic (exact) mass is 658 g/mol. The summed E-state index contributed by atoms with van der Waals surface area (Å²) in [6.45, 7) is 0. The maximum Gasteiger partial charge on any atom is 0.228 e. The molecule has 0 radical (unpaired) electrons. The summed E-state index contributed by atoms with van der Waals surface area (Å²) in [5.41, 5.74) is 7.37. The predicted molar refractivity (Wildman–Crippen MR) is 209 cm³/mol. The Morgan fingerprint density at radius 3 is 2.16 bits per heavy atom. The molecule has 0 spiro atoms. The highest BCUT2D eigenvalue weighted by molar-refractivity contribution is 7.26. The minimum atomic E-state index is 0.586. The van der Waals surface area contributed by atoms with Crippen molar-refractivity contribution in [1.29, 1.82) is 0 Å². The van der Waals surface area contributed by atoms with E-state index in [9.17, 15) is 0 Å². The molecule has 8 aromatic carbocycles. The lowest BCUT2D eigenvalue weighted by Crippen LogP contribution is -2.09. The zero-order valence-corrected chi connectivity index (χ0v) is 27.4. The lowest BCUT2D eigenvalue weighted by Gasteiger charge is -2.26. The van der Waals surface area contributed by atoms with Crippen LogP contribution in [0.1, 0.15) is 0 Å². The van der Waals surface area contributed by atoms with Crippen LogP contribution in [0.5, 0.6) is 0 Å². The molecule has 0 unspecified atom stereocenters. The van der Waals surface area contributed by atoms with Gasteiger partial charge in [0.15, 0.2) is 5.58 Å². The Labute approximate surface area is 290 Å². The van der Waals surface area contributed by atoms with Gasteiger partial charge in [0.2, 0.25) is 5.89 Å². The number of hydrogen-bond acceptors (Lipinski definition) is 5. The van der Waals surface area contributed by atoms with E-state index in [-0.39, 0.29) is 0 Å². The van der Waals surface area contributed by atoms with Crippen LogP contribution in [0, 0.1) is 0 Å². The zero-order valence-electron chi connectivity index (χ0n) is 26.6. The Morgan fingerprint density at radius 1 is 0.480 bits per heavy atom. The third-order valence-corrected chi connectivity index (χ3v) is 11.0. The first kappa shape index (κ1) is 27.5. The average Bonchev–Trinajstić information content (AvgIpc) is 3.87. The largest absolute Gasteiger partial charge is 0.456 e. The molecule has 234 valence electrons. The first-order valence-electron chi connectivity index (χ1n) is 16.7. The number of benzene rings is 8. The molecule has 0 aliphatic rings. The Morgan fingerprint density at radius 2 is 1.26 bits per heavy atom. The van der Waals surface area contributed by atoms with Crippen molar-refractivity contribution in [3.05, 3.63) is 158 Å². The first-order valence-corrected chi connectivity index (χ1v) is 17.5. The summed E-state index contributed by atoms with van der Waals surface area (Å²) in [7, 11) is 0. The molecule has 3 heterocycles. The van der Waals surface area contributed by atoms with Gasteiger partial charge in [-0.2, -0.15) is 0 Å². The fourth-order valence-electron chi connectivity index (χ4n) is 7.59. The molecule has 0 saturated carbocycles. The molecule has 5 heteroatoms. The molecule has 3 aromatic heterocycles. The molecule has 0 aliphatic heterocycles. The maximum atomic E-state index is 6.60. The second kappa shape index (κ2) is 10.5. The van der Waals surface area contributed by atoms with E-state index in [4.69, 9.17) is 13.8 Å². The van der Waals surface area contributed by atoms with Gasteiger partial charge in [0.25, 0.3) is 0 Å². The smallest absolute Gasteiger partial charge is 0.228 e. The van der Waals surface area contributed by atoms with Crippen LogP contribution in [-0.4, -0.2) is 4.98 Å². The van der Waals surface area contributed by atoms with Crippen LogP contribution in [0.2, 0.25) is 0 Å². The summed E-state index contributed by atoms with van der Waals surface area (Å²) < 4.78 is 15.5. The molecule has 0 bridgehead atoms. The molecule has 0 amide bonds. The zero-order chi connectivity index (χ0) is 32.8. The van der Waals surface area contributed by atoms with E-state index in [1.54, 1.807) is 0 Å². The Hall–Kier alpha value is -6.43. The molecule has 11 rings (SSSR count). The molecule has 0 atom stereocenters. The summed E-state index contributed by atoms with van der Waals surface area (Å²) >= 11 is 1.85. The number of nitrogens with zero attached hydrogens (tertiary/aromatic N) is 2. The number of rotatable bonds is 4. The minimum absolute atomic E-state index is 0.586. The summed E-state index contributed by atoms with van der Waals surface area (Å²) in [6, 6.07) is 55.5. The van der Waals surface area contributed by atoms with Crippen molar-refractivity contribution in [2.75, 3.05) is 4.90 Å². The van der Waals surface area contributed by atoms with Gasteiger partial charge in [0.1, 0.15) is 16.7 Å². The quantitative estimate of drug-likeness (QED) is 0.189. The van der Waals surface area contributed by atoms with Gasteiger partial charge in [-0.3, -0.25) is 0 Å². The number of fused-ring (bicyclic) bond motifs is 10. The lowest BCUT2D eigenvalue weighted by molar-refractivity contribution is 0.620. The van der Waals surface area contributed by atoms with Gasteiger partial charge in [-0.25, -0.2) is 4.98 Å². The minimum Gasteiger partial charge on any atom is -0.456 e. The Bertz CT molecular complexity index is 3060. The molecule has 0 aliphatic carbocycles. The van der Waals surface area contributed by atoms with Gasteiger partial charge in [0, 0.05) is 49.2 Å². The van der Waals surface area contributed by atoms with Crippen molar-refractivity contribution in [2.24, 2.45) is 0 Å². The highest BCUT2D eigenvalue weighted by Crippen LogP contribution is 2.47. The van der Waals surface area contributed by atoms with Crippen LogP contribution in [0.25, 0.3) is 86.2 Å². The van der Waals surface area contributed by atoms with E-state index >= 15 is 0 Å². The number of oxazole rings is 1. The first-order chi connectivity index (χ1) is 24.8. The van der Waals surface area contributed by atoms with E-state index in [0.29, 0.717) is 5.89 Å². The summed E-state index contributed by atoms with van der Waals surface area (Å²) in [6.07, 6.45) is 0. The van der Waals surface area contributed by atoms with Crippen LogP contribution >= 0.6 is 11.3 Å². The predicted octanol–water partition coefficient (Wildman–Crippen LogP) is 13.5. The van der Waals surface area contributed by atoms with Gasteiger partial charge in [-0.05, 0) is 82.2 Å². The van der Waals surface area contributed by atoms with Gasteiger partial charge in [-0.1, -0.05) is 91.0 Å². The SMILES string of the molecule is c1ccc(N(c2ccc3c(c2)oc2cccc(-c4nc5cc6ccccc6cc5o4)c23)c2cccc3c2sc2ccc4ccccc4c23)cc1. The molecule has 0 fully saturated rings. The lowest BCUT2D eigenvalue weighted by atomic mass is 10.0. The summed E-state index contributed by atoms with van der Waals surface area (Å²) in [5.74, 6) is 0.586. The van der Waals surface area contributed by atoms with Crippen molar-refractivity contribution >= 4 is 103 Å². The topological polar surface area (TPSA) is 42.4 Å². The van der Waals surface area contributed by atoms with Gasteiger partial charge < -0.3 is 13.7 Å². The van der Waals surface area contributed by atoms with E-state index < -0.39 is 0 Å². The molecule has 4 nitrogen and oxygen atoms in total. The van der Waals surface area contributed by atoms with Crippen molar-refractivity contribution in [1.82, 2.24) is 4.98 Å². The highest BCUT2D eigenvalue weighted by atomic mass is 32.1. The Balaban J connectivity index is 1.10. The summed E-state index contributed by atoms with van der Waals surface area (Å²) in [5, 5.41) is 9.40. The second-order valence-electron chi connectivity index (χ2n) is 12.7. The molecule has 11 aromatic rings. The maximum absolute atomic E-state index is 6.60. The molecule has 0 saturated heterocycles. The van der Waals surface area contributed by atoms with Crippen molar-refractivity contribution in [3.8, 4) is 11.5 Å². The molecule has 0 N–H and O–H groups in total. The number of thiophene rings is 1. The van der Waals surface area contributed by atoms with Gasteiger partial charge in [0.05, 0.1) is 10.4 Å². The van der Waals surface area contributed by atoms with Crippen LogP contribution < -0.4 is 4.90 Å². The molecular formula is C45H26N2O2S. The van der Waals surface area contributed by atoms with Crippen LogP contribution in [0.15, 0.2) is 167 Å². The fourth-order valence-corrected chi connectivity index (χ4v) is 8.82. The van der Waals surface area contributed by atoms with Crippen LogP contribution in [0.3, 0.4) is 0 Å². The number of aromatic nitrogens is 1. The Kier molecular flexibility index (Phi) is 5.80. The average molecular weight is 659 g/mol. The number of hydrogen-bond donors (Lipinski definition) is 0. The fraction of sp³-hybridized carbons (Fsp3) is 0. The third-order valence-electron chi connectivity index (χ3n) is 9.85. The standard InChI is InChI=1S/C45H26N2O2S/c1-2-13-30(14-3-1)47(37-18-8-16-34-43-32-15-7-6-10-27(32)20-23-41(43)50-44(34)37)31-21-22-33-39(26-31)48-38-19-9-17-35(42(33)38)45-46-36-24-28-11-4-5-12-29(28)25-40(36)49-45/h1-26H. The summed E-state index contributed by atoms with van der Waals surface area (Å²) in [4.78, 5) is 7.29. The molecular weight excluding hydrogens is 633 g/mol. The van der Waals surface area contributed by atoms with E-state index in [1.807, 2.05) is 35.6 Å². The van der Waals surface area contributed by atoms with Crippen LogP contribution in [-0.2, 0) is 0 Å². The van der Waals surface area contributed by atoms with Gasteiger partial charge >= 0.3 is 0 Å². The normalized spacial score (nSPS) is 12.0. The second-order valence-corrected chi connectivity index (χ2v) is 13.8. The number of furan rings is 1. The van der Waals surface area contributed by atoms with Crippen molar-refractivity contribution in [3.63, 3.8) is 0 Å². The van der Waals surface area contributed by atoms with Crippen molar-refractivity contribution < 1.29 is 8.83 Å². The van der Waals surface area contributed by atoms with E-state index in [1.165, 1.54) is 30.9 Å². The molecule has 50 heavy (non-hydrogen) atoms. The van der Waals surface area contributed by atoms with E-state index in [2.05, 4.69) is 138 Å². The van der Waals surface area contributed by atoms with Crippen LogP contribution in [0.4, 0.5) is 17.1 Å². The van der Waals surface area contributed by atoms with Gasteiger partial charge in [-0.15, -0.1) is 11.3 Å². The number of anilines is 3. The highest BCUT2D eigenvalue weighted by Gasteiger charge is 2.22. The van der Waals surface area contributed by atoms with E-state index in [0.717, 1.165) is 66.4 Å².